The molecule has 1 saturated heterocycles. The maximum atomic E-state index is 12.9. The van der Waals surface area contributed by atoms with Crippen molar-refractivity contribution in [1.29, 1.82) is 0 Å². The molecule has 3 rings (SSSR count). The number of alkyl halides is 3. The summed E-state index contributed by atoms with van der Waals surface area (Å²) in [7, 11) is 0. The topological polar surface area (TPSA) is 29.5 Å². The van der Waals surface area contributed by atoms with E-state index >= 15 is 0 Å². The van der Waals surface area contributed by atoms with Gasteiger partial charge >= 0.3 is 6.36 Å². The van der Waals surface area contributed by atoms with Gasteiger partial charge in [-0.05, 0) is 12.8 Å². The van der Waals surface area contributed by atoms with Crippen LogP contribution in [0.5, 0.6) is 0 Å². The van der Waals surface area contributed by atoms with Crippen molar-refractivity contribution in [2.24, 2.45) is 5.41 Å². The summed E-state index contributed by atoms with van der Waals surface area (Å²) in [5.41, 5.74) is -1.92. The van der Waals surface area contributed by atoms with Crippen molar-refractivity contribution < 1.29 is 22.7 Å². The highest BCUT2D eigenvalue weighted by molar-refractivity contribution is 5.54. The summed E-state index contributed by atoms with van der Waals surface area (Å²) < 4.78 is 43.2. The fourth-order valence-corrected chi connectivity index (χ4v) is 3.50. The van der Waals surface area contributed by atoms with E-state index in [1.54, 1.807) is 30.3 Å². The summed E-state index contributed by atoms with van der Waals surface area (Å²) in [4.78, 5) is 12.3. The van der Waals surface area contributed by atoms with Crippen molar-refractivity contribution in [1.82, 2.24) is 4.90 Å². The van der Waals surface area contributed by atoms with Crippen LogP contribution in [0, 0.1) is 5.41 Å². The van der Waals surface area contributed by atoms with Crippen molar-refractivity contribution in [2.75, 3.05) is 6.54 Å². The van der Waals surface area contributed by atoms with Crippen molar-refractivity contribution in [3.63, 3.8) is 0 Å². The van der Waals surface area contributed by atoms with Crippen molar-refractivity contribution >= 4 is 6.41 Å². The van der Waals surface area contributed by atoms with E-state index in [1.807, 2.05) is 0 Å². The molecule has 1 amide bonds. The molecule has 2 fully saturated rings. The van der Waals surface area contributed by atoms with Gasteiger partial charge in [-0.25, -0.2) is 0 Å². The summed E-state index contributed by atoms with van der Waals surface area (Å²) in [5, 5.41) is 0. The highest BCUT2D eigenvalue weighted by Crippen LogP contribution is 2.65. The quantitative estimate of drug-likeness (QED) is 0.799. The van der Waals surface area contributed by atoms with Crippen LogP contribution < -0.4 is 0 Å². The summed E-state index contributed by atoms with van der Waals surface area (Å²) in [6, 6.07) is 8.21. The number of hydrogen-bond acceptors (Lipinski definition) is 2. The number of amides is 1. The third-order valence-electron chi connectivity index (χ3n) is 4.46. The minimum absolute atomic E-state index is 0.321. The lowest BCUT2D eigenvalue weighted by molar-refractivity contribution is -0.452. The molecule has 1 atom stereocenters. The van der Waals surface area contributed by atoms with E-state index in [9.17, 15) is 18.0 Å². The van der Waals surface area contributed by atoms with Gasteiger partial charge in [0, 0.05) is 17.5 Å². The highest BCUT2D eigenvalue weighted by atomic mass is 19.4. The van der Waals surface area contributed by atoms with Gasteiger partial charge in [-0.2, -0.15) is 0 Å². The number of carbonyl (C=O) groups excluding carboxylic acids is 1. The second-order valence-corrected chi connectivity index (χ2v) is 5.43. The zero-order chi connectivity index (χ0) is 14.4. The molecule has 0 aromatic heterocycles. The number of hydrogen-bond donors (Lipinski definition) is 0. The molecule has 3 nitrogen and oxygen atoms in total. The van der Waals surface area contributed by atoms with Gasteiger partial charge in [0.2, 0.25) is 6.41 Å². The van der Waals surface area contributed by atoms with Gasteiger partial charge in [0.1, 0.15) is 0 Å². The molecule has 0 N–H and O–H groups in total. The summed E-state index contributed by atoms with van der Waals surface area (Å²) in [6.07, 6.45) is -2.20. The van der Waals surface area contributed by atoms with Crippen LogP contribution in [0.4, 0.5) is 13.2 Å². The van der Waals surface area contributed by atoms with Crippen LogP contribution in [0.1, 0.15) is 24.8 Å². The first kappa shape index (κ1) is 13.4. The van der Waals surface area contributed by atoms with E-state index in [4.69, 9.17) is 0 Å². The largest absolute Gasteiger partial charge is 0.524 e. The monoisotopic (exact) mass is 285 g/mol. The van der Waals surface area contributed by atoms with E-state index in [2.05, 4.69) is 4.74 Å². The average Bonchev–Trinajstić information content (AvgIpc) is 2.33. The minimum Gasteiger partial charge on any atom is -0.311 e. The smallest absolute Gasteiger partial charge is 0.311 e. The molecule has 1 aliphatic carbocycles. The third-order valence-corrected chi connectivity index (χ3v) is 4.46. The SMILES string of the molecule is O=CN1CC2(CCC2)C1(OC(F)(F)F)c1ccccc1. The molecule has 1 unspecified atom stereocenters. The van der Waals surface area contributed by atoms with Crippen molar-refractivity contribution in [2.45, 2.75) is 31.3 Å². The van der Waals surface area contributed by atoms with Gasteiger partial charge in [-0.15, -0.1) is 13.2 Å². The Bertz CT molecular complexity index is 513. The fourth-order valence-electron chi connectivity index (χ4n) is 3.50. The Labute approximate surface area is 114 Å². The van der Waals surface area contributed by atoms with Gasteiger partial charge in [0.25, 0.3) is 0 Å². The second kappa shape index (κ2) is 4.22. The van der Waals surface area contributed by atoms with Crippen LogP contribution in [0.25, 0.3) is 0 Å². The van der Waals surface area contributed by atoms with Crippen LogP contribution in [-0.2, 0) is 15.3 Å². The molecule has 1 aromatic carbocycles. The maximum Gasteiger partial charge on any atom is 0.524 e. The summed E-state index contributed by atoms with van der Waals surface area (Å²) in [6.45, 7) is 0.321. The second-order valence-electron chi connectivity index (χ2n) is 5.43. The normalized spacial score (nSPS) is 27.9. The number of ether oxygens (including phenoxy) is 1. The zero-order valence-electron chi connectivity index (χ0n) is 10.7. The van der Waals surface area contributed by atoms with Gasteiger partial charge in [0.15, 0.2) is 5.72 Å². The Kier molecular flexibility index (Phi) is 2.83. The fraction of sp³-hybridized carbons (Fsp3) is 0.500. The molecule has 108 valence electrons. The highest BCUT2D eigenvalue weighted by Gasteiger charge is 2.71. The van der Waals surface area contributed by atoms with E-state index < -0.39 is 17.5 Å². The van der Waals surface area contributed by atoms with Crippen LogP contribution in [0.15, 0.2) is 30.3 Å². The van der Waals surface area contributed by atoms with E-state index in [0.29, 0.717) is 31.4 Å². The molecule has 0 bridgehead atoms. The van der Waals surface area contributed by atoms with E-state index in [1.165, 1.54) is 0 Å². The van der Waals surface area contributed by atoms with Gasteiger partial charge < -0.3 is 4.90 Å². The molecule has 1 heterocycles. The van der Waals surface area contributed by atoms with E-state index in [0.717, 1.165) is 11.3 Å². The molecular formula is C14H14F3NO2. The third kappa shape index (κ3) is 1.67. The first-order valence-corrected chi connectivity index (χ1v) is 6.48. The number of rotatable bonds is 3. The molecule has 1 aliphatic heterocycles. The van der Waals surface area contributed by atoms with E-state index in [-0.39, 0.29) is 0 Å². The number of halogens is 3. The molecule has 1 spiro atoms. The number of likely N-dealkylation sites (tertiary alicyclic amines) is 1. The van der Waals surface area contributed by atoms with Crippen LogP contribution in [0.3, 0.4) is 0 Å². The van der Waals surface area contributed by atoms with Crippen LogP contribution in [0.2, 0.25) is 0 Å². The van der Waals surface area contributed by atoms with Crippen molar-refractivity contribution in [3.8, 4) is 0 Å². The Hall–Kier alpha value is -1.56. The first-order chi connectivity index (χ1) is 9.44. The molecule has 6 heteroatoms. The minimum atomic E-state index is -4.79. The molecular weight excluding hydrogens is 271 g/mol. The molecule has 20 heavy (non-hydrogen) atoms. The Morgan fingerprint density at radius 1 is 1.20 bits per heavy atom. The predicted octanol–water partition coefficient (Wildman–Crippen LogP) is 3.02. The van der Waals surface area contributed by atoms with Gasteiger partial charge in [-0.1, -0.05) is 36.8 Å². The Morgan fingerprint density at radius 3 is 2.30 bits per heavy atom. The summed E-state index contributed by atoms with van der Waals surface area (Å²) >= 11 is 0. The Balaban J connectivity index is 2.09. The van der Waals surface area contributed by atoms with Gasteiger partial charge in [-0.3, -0.25) is 9.53 Å². The number of benzene rings is 1. The Morgan fingerprint density at radius 2 is 1.85 bits per heavy atom. The molecule has 2 aliphatic rings. The first-order valence-electron chi connectivity index (χ1n) is 6.48. The van der Waals surface area contributed by atoms with Gasteiger partial charge in [0.05, 0.1) is 0 Å². The zero-order valence-corrected chi connectivity index (χ0v) is 10.7. The average molecular weight is 285 g/mol. The standard InChI is InChI=1S/C14H14F3NO2/c15-14(16,17)20-13(11-5-2-1-3-6-11)12(7-4-8-12)9-18(13)10-19/h1-3,5-6,10H,4,7-9H2. The molecule has 1 saturated carbocycles. The predicted molar refractivity (Wildman–Crippen MR) is 64.3 cm³/mol. The molecule has 0 radical (unpaired) electrons. The maximum absolute atomic E-state index is 12.9. The number of carbonyl (C=O) groups is 1. The lowest BCUT2D eigenvalue weighted by atomic mass is 9.54. The number of nitrogens with zero attached hydrogens (tertiary/aromatic N) is 1. The van der Waals surface area contributed by atoms with Crippen LogP contribution >= 0.6 is 0 Å². The van der Waals surface area contributed by atoms with Crippen molar-refractivity contribution in [3.05, 3.63) is 35.9 Å². The van der Waals surface area contributed by atoms with Crippen LogP contribution in [-0.4, -0.2) is 24.2 Å². The lowest BCUT2D eigenvalue weighted by Crippen LogP contribution is -2.75. The summed E-state index contributed by atoms with van der Waals surface area (Å²) in [5.74, 6) is 0. The lowest BCUT2D eigenvalue weighted by Gasteiger charge is -2.68. The molecule has 1 aromatic rings.